The minimum Gasteiger partial charge on any atom is -0.449 e. The molecule has 1 aliphatic carbocycles. The van der Waals surface area contributed by atoms with Gasteiger partial charge in [-0.1, -0.05) is 18.1 Å². The van der Waals surface area contributed by atoms with E-state index < -0.39 is 0 Å². The van der Waals surface area contributed by atoms with Crippen molar-refractivity contribution in [3.05, 3.63) is 35.2 Å². The molecule has 118 valence electrons. The number of ether oxygens (including phenoxy) is 1. The van der Waals surface area contributed by atoms with Crippen molar-refractivity contribution in [3.63, 3.8) is 0 Å². The minimum absolute atomic E-state index is 0.139. The zero-order valence-corrected chi connectivity index (χ0v) is 13.3. The van der Waals surface area contributed by atoms with Crippen LogP contribution in [0.2, 0.25) is 0 Å². The first kappa shape index (κ1) is 15.1. The summed E-state index contributed by atoms with van der Waals surface area (Å²) in [5.41, 5.74) is 3.41. The van der Waals surface area contributed by atoms with E-state index in [0.717, 1.165) is 37.3 Å². The third-order valence-corrected chi connectivity index (χ3v) is 4.59. The van der Waals surface area contributed by atoms with Gasteiger partial charge in [0.2, 0.25) is 0 Å². The molecule has 1 aliphatic heterocycles. The highest BCUT2D eigenvalue weighted by Gasteiger charge is 2.23. The van der Waals surface area contributed by atoms with Crippen molar-refractivity contribution in [3.8, 4) is 0 Å². The number of hydrogen-bond donors (Lipinski definition) is 0. The predicted molar refractivity (Wildman–Crippen MR) is 86.4 cm³/mol. The minimum atomic E-state index is -0.139. The van der Waals surface area contributed by atoms with E-state index in [4.69, 9.17) is 4.74 Å². The van der Waals surface area contributed by atoms with Crippen molar-refractivity contribution >= 4 is 12.2 Å². The molecule has 0 unspecified atom stereocenters. The highest BCUT2D eigenvalue weighted by atomic mass is 16.6. The summed E-state index contributed by atoms with van der Waals surface area (Å²) >= 11 is 0. The van der Waals surface area contributed by atoms with E-state index in [9.17, 15) is 4.79 Å². The Bertz CT molecular complexity index is 554. The van der Waals surface area contributed by atoms with Gasteiger partial charge in [-0.05, 0) is 56.7 Å². The summed E-state index contributed by atoms with van der Waals surface area (Å²) in [6.45, 7) is 4.11. The largest absolute Gasteiger partial charge is 0.449 e. The van der Waals surface area contributed by atoms with Crippen LogP contribution in [0.15, 0.2) is 23.8 Å². The van der Waals surface area contributed by atoms with Crippen LogP contribution >= 0.6 is 0 Å². The van der Waals surface area contributed by atoms with E-state index in [-0.39, 0.29) is 6.09 Å². The quantitative estimate of drug-likeness (QED) is 0.852. The first-order valence-electron chi connectivity index (χ1n) is 8.25. The predicted octanol–water partition coefficient (Wildman–Crippen LogP) is 3.81. The summed E-state index contributed by atoms with van der Waals surface area (Å²) in [6, 6.07) is 6.06. The fourth-order valence-electron chi connectivity index (χ4n) is 2.91. The number of carbonyl (C=O) groups is 1. The molecule has 0 N–H and O–H groups in total. The lowest BCUT2D eigenvalue weighted by atomic mass is 9.86. The molecule has 2 fully saturated rings. The van der Waals surface area contributed by atoms with Gasteiger partial charge >= 0.3 is 6.09 Å². The highest BCUT2D eigenvalue weighted by Crippen LogP contribution is 2.27. The number of nitrogens with zero attached hydrogens (tertiary/aromatic N) is 2. The molecular formula is C18H24N2O2. The second-order valence-electron chi connectivity index (χ2n) is 6.37. The zero-order valence-electron chi connectivity index (χ0n) is 13.3. The molecule has 3 rings (SSSR count). The Morgan fingerprint density at radius 1 is 1.36 bits per heavy atom. The summed E-state index contributed by atoms with van der Waals surface area (Å²) in [7, 11) is 0. The van der Waals surface area contributed by atoms with E-state index in [0.29, 0.717) is 12.5 Å². The Balaban J connectivity index is 1.48. The lowest BCUT2D eigenvalue weighted by molar-refractivity contribution is 0.0699. The number of pyridine rings is 1. The maximum atomic E-state index is 12.0. The van der Waals surface area contributed by atoms with Gasteiger partial charge < -0.3 is 9.64 Å². The normalized spacial score (nSPS) is 18.8. The molecule has 0 atom stereocenters. The number of aryl methyl sites for hydroxylation is 1. The second-order valence-corrected chi connectivity index (χ2v) is 6.37. The van der Waals surface area contributed by atoms with Gasteiger partial charge in [0.25, 0.3) is 0 Å². The number of amides is 1. The summed E-state index contributed by atoms with van der Waals surface area (Å²) in [5, 5.41) is 0. The lowest BCUT2D eigenvalue weighted by Gasteiger charge is -2.30. The van der Waals surface area contributed by atoms with E-state index >= 15 is 0 Å². The maximum absolute atomic E-state index is 12.0. The average Bonchev–Trinajstić information content (AvgIpc) is 2.46. The van der Waals surface area contributed by atoms with Crippen LogP contribution in [0.1, 0.15) is 43.5 Å². The van der Waals surface area contributed by atoms with Gasteiger partial charge in [0.1, 0.15) is 0 Å². The van der Waals surface area contributed by atoms with Crippen molar-refractivity contribution in [2.75, 3.05) is 19.7 Å². The third kappa shape index (κ3) is 3.87. The van der Waals surface area contributed by atoms with E-state index in [1.807, 2.05) is 30.0 Å². The lowest BCUT2D eigenvalue weighted by Crippen LogP contribution is -2.37. The number of likely N-dealkylation sites (tertiary alicyclic amines) is 1. The Kier molecular flexibility index (Phi) is 4.76. The van der Waals surface area contributed by atoms with Crippen LogP contribution in [0.4, 0.5) is 4.79 Å². The van der Waals surface area contributed by atoms with Crippen molar-refractivity contribution in [2.24, 2.45) is 5.92 Å². The van der Waals surface area contributed by atoms with Crippen LogP contribution in [0.3, 0.4) is 0 Å². The Morgan fingerprint density at radius 3 is 2.77 bits per heavy atom. The fraction of sp³-hybridized carbons (Fsp3) is 0.556. The fourth-order valence-corrected chi connectivity index (χ4v) is 2.91. The van der Waals surface area contributed by atoms with Gasteiger partial charge in [-0.15, -0.1) is 0 Å². The number of aromatic nitrogens is 1. The van der Waals surface area contributed by atoms with Crippen LogP contribution in [0.25, 0.3) is 6.08 Å². The van der Waals surface area contributed by atoms with Crippen molar-refractivity contribution < 1.29 is 9.53 Å². The van der Waals surface area contributed by atoms with Crippen LogP contribution in [-0.4, -0.2) is 35.7 Å². The number of piperidine rings is 1. The molecule has 4 heteroatoms. The van der Waals surface area contributed by atoms with Gasteiger partial charge in [0.05, 0.1) is 12.3 Å². The SMILES string of the molecule is Cc1cccc(C=C2CCN(C(=O)OCC3CCC3)CC2)n1. The molecule has 0 spiro atoms. The van der Waals surface area contributed by atoms with Gasteiger partial charge in [0, 0.05) is 18.8 Å². The molecule has 0 aromatic carbocycles. The molecule has 22 heavy (non-hydrogen) atoms. The topological polar surface area (TPSA) is 42.4 Å². The smallest absolute Gasteiger partial charge is 0.409 e. The van der Waals surface area contributed by atoms with Crippen molar-refractivity contribution in [2.45, 2.75) is 39.0 Å². The molecule has 1 aromatic rings. The number of carbonyl (C=O) groups excluding carboxylic acids is 1. The van der Waals surface area contributed by atoms with Gasteiger partial charge in [-0.3, -0.25) is 4.98 Å². The zero-order chi connectivity index (χ0) is 15.4. The molecule has 2 aliphatic rings. The van der Waals surface area contributed by atoms with Crippen molar-refractivity contribution in [1.29, 1.82) is 0 Å². The molecule has 1 saturated heterocycles. The summed E-state index contributed by atoms with van der Waals surface area (Å²) in [5.74, 6) is 0.608. The highest BCUT2D eigenvalue weighted by molar-refractivity contribution is 5.68. The molecular weight excluding hydrogens is 276 g/mol. The summed E-state index contributed by atoms with van der Waals surface area (Å²) in [4.78, 5) is 18.4. The summed E-state index contributed by atoms with van der Waals surface area (Å²) in [6.07, 6.45) is 7.55. The van der Waals surface area contributed by atoms with E-state index in [1.165, 1.54) is 24.8 Å². The van der Waals surface area contributed by atoms with Crippen LogP contribution < -0.4 is 0 Å². The monoisotopic (exact) mass is 300 g/mol. The molecule has 0 bridgehead atoms. The Hall–Kier alpha value is -1.84. The van der Waals surface area contributed by atoms with E-state index in [2.05, 4.69) is 11.1 Å². The Morgan fingerprint density at radius 2 is 2.14 bits per heavy atom. The second kappa shape index (κ2) is 6.95. The number of hydrogen-bond acceptors (Lipinski definition) is 3. The van der Waals surface area contributed by atoms with Gasteiger partial charge in [-0.2, -0.15) is 0 Å². The van der Waals surface area contributed by atoms with Crippen LogP contribution in [-0.2, 0) is 4.74 Å². The standard InChI is InChI=1S/C18H24N2O2/c1-14-4-2-7-17(19-14)12-15-8-10-20(11-9-15)18(21)22-13-16-5-3-6-16/h2,4,7,12,16H,3,5-6,8-11,13H2,1H3. The van der Waals surface area contributed by atoms with Crippen LogP contribution in [0, 0.1) is 12.8 Å². The van der Waals surface area contributed by atoms with Gasteiger partial charge in [0.15, 0.2) is 0 Å². The molecule has 1 amide bonds. The average molecular weight is 300 g/mol. The molecule has 2 heterocycles. The molecule has 1 aromatic heterocycles. The van der Waals surface area contributed by atoms with Crippen LogP contribution in [0.5, 0.6) is 0 Å². The first-order valence-corrected chi connectivity index (χ1v) is 8.25. The van der Waals surface area contributed by atoms with Gasteiger partial charge in [-0.25, -0.2) is 4.79 Å². The molecule has 4 nitrogen and oxygen atoms in total. The number of rotatable bonds is 3. The third-order valence-electron chi connectivity index (χ3n) is 4.59. The maximum Gasteiger partial charge on any atom is 0.409 e. The first-order chi connectivity index (χ1) is 10.7. The van der Waals surface area contributed by atoms with Crippen molar-refractivity contribution in [1.82, 2.24) is 9.88 Å². The molecule has 1 saturated carbocycles. The molecule has 0 radical (unpaired) electrons. The van der Waals surface area contributed by atoms with E-state index in [1.54, 1.807) is 0 Å². The Labute approximate surface area is 132 Å². The summed E-state index contributed by atoms with van der Waals surface area (Å²) < 4.78 is 5.41.